The number of hydrogen-bond donors (Lipinski definition) is 0. The van der Waals surface area contributed by atoms with Crippen molar-refractivity contribution in [2.24, 2.45) is 0 Å². The maximum Gasteiger partial charge on any atom is 0.338 e. The van der Waals surface area contributed by atoms with Crippen LogP contribution in [0.2, 0.25) is 0 Å². The number of esters is 1. The first-order valence-electron chi connectivity index (χ1n) is 8.29. The van der Waals surface area contributed by atoms with Crippen molar-refractivity contribution < 1.29 is 23.1 Å². The molecule has 8 heteroatoms. The Morgan fingerprint density at radius 3 is 2.57 bits per heavy atom. The third-order valence-electron chi connectivity index (χ3n) is 3.90. The highest BCUT2D eigenvalue weighted by molar-refractivity contribution is 7.14. The molecule has 1 heterocycles. The standard InChI is InChI=1S/C20H16F2N2O3S/c1-12-7-8-14(9-17(12)22)19(26)27-10-15-11-28-20(23-15)24(13(2)25)18-6-4-3-5-16(18)21/h3-9,11H,10H2,1-2H3. The Kier molecular flexibility index (Phi) is 5.79. The van der Waals surface area contributed by atoms with Crippen LogP contribution < -0.4 is 4.90 Å². The molecule has 0 aliphatic heterocycles. The number of thiazole rings is 1. The van der Waals surface area contributed by atoms with Crippen molar-refractivity contribution in [2.75, 3.05) is 4.90 Å². The second kappa shape index (κ2) is 8.26. The number of aromatic nitrogens is 1. The minimum absolute atomic E-state index is 0.0861. The Morgan fingerprint density at radius 2 is 1.89 bits per heavy atom. The van der Waals surface area contributed by atoms with Crippen LogP contribution >= 0.6 is 11.3 Å². The van der Waals surface area contributed by atoms with E-state index in [1.165, 1.54) is 37.3 Å². The summed E-state index contributed by atoms with van der Waals surface area (Å²) in [7, 11) is 0. The zero-order valence-corrected chi connectivity index (χ0v) is 15.9. The fraction of sp³-hybridized carbons (Fsp3) is 0.150. The minimum atomic E-state index is -0.689. The van der Waals surface area contributed by atoms with Crippen molar-refractivity contribution in [2.45, 2.75) is 20.5 Å². The van der Waals surface area contributed by atoms with E-state index in [-0.39, 0.29) is 23.0 Å². The minimum Gasteiger partial charge on any atom is -0.456 e. The lowest BCUT2D eigenvalue weighted by Gasteiger charge is -2.18. The molecule has 0 fully saturated rings. The van der Waals surface area contributed by atoms with Crippen molar-refractivity contribution in [3.63, 3.8) is 0 Å². The molecule has 5 nitrogen and oxygen atoms in total. The van der Waals surface area contributed by atoms with Crippen LogP contribution in [-0.2, 0) is 16.1 Å². The van der Waals surface area contributed by atoms with Gasteiger partial charge < -0.3 is 4.74 Å². The van der Waals surface area contributed by atoms with E-state index in [4.69, 9.17) is 4.74 Å². The number of benzene rings is 2. The first kappa shape index (κ1) is 19.6. The molecule has 2 aromatic carbocycles. The molecular formula is C20H16F2N2O3S. The molecule has 1 amide bonds. The first-order chi connectivity index (χ1) is 13.4. The zero-order chi connectivity index (χ0) is 20.3. The highest BCUT2D eigenvalue weighted by atomic mass is 32.1. The van der Waals surface area contributed by atoms with Gasteiger partial charge in [-0.2, -0.15) is 0 Å². The average molecular weight is 402 g/mol. The van der Waals surface area contributed by atoms with Gasteiger partial charge in [0.1, 0.15) is 18.2 Å². The van der Waals surface area contributed by atoms with Crippen LogP contribution in [0.1, 0.15) is 28.5 Å². The number of carbonyl (C=O) groups is 2. The zero-order valence-electron chi connectivity index (χ0n) is 15.1. The molecule has 0 bridgehead atoms. The summed E-state index contributed by atoms with van der Waals surface area (Å²) in [4.78, 5) is 29.5. The largest absolute Gasteiger partial charge is 0.456 e. The Labute approximate surface area is 164 Å². The van der Waals surface area contributed by atoms with E-state index in [1.807, 2.05) is 0 Å². The molecule has 28 heavy (non-hydrogen) atoms. The van der Waals surface area contributed by atoms with Crippen LogP contribution in [0.3, 0.4) is 0 Å². The lowest BCUT2D eigenvalue weighted by atomic mass is 10.1. The smallest absolute Gasteiger partial charge is 0.338 e. The third-order valence-corrected chi connectivity index (χ3v) is 4.77. The lowest BCUT2D eigenvalue weighted by Crippen LogP contribution is -2.23. The molecule has 0 unspecified atom stereocenters. The second-order valence-corrected chi connectivity index (χ2v) is 6.80. The summed E-state index contributed by atoms with van der Waals surface area (Å²) in [5, 5.41) is 1.86. The van der Waals surface area contributed by atoms with Crippen molar-refractivity contribution in [1.82, 2.24) is 4.98 Å². The Balaban J connectivity index is 1.74. The summed E-state index contributed by atoms with van der Waals surface area (Å²) in [5.74, 6) is -2.14. The van der Waals surface area contributed by atoms with E-state index >= 15 is 0 Å². The predicted molar refractivity (Wildman–Crippen MR) is 102 cm³/mol. The molecule has 0 radical (unpaired) electrons. The van der Waals surface area contributed by atoms with Crippen molar-refractivity contribution in [1.29, 1.82) is 0 Å². The van der Waals surface area contributed by atoms with Gasteiger partial charge in [0.2, 0.25) is 5.91 Å². The molecule has 144 valence electrons. The SMILES string of the molecule is CC(=O)N(c1nc(COC(=O)c2ccc(C)c(F)c2)cs1)c1ccccc1F. The molecular weight excluding hydrogens is 386 g/mol. The average Bonchev–Trinajstić information content (AvgIpc) is 3.12. The van der Waals surface area contributed by atoms with E-state index in [0.717, 1.165) is 22.3 Å². The van der Waals surface area contributed by atoms with Gasteiger partial charge in [-0.1, -0.05) is 18.2 Å². The van der Waals surface area contributed by atoms with Crippen LogP contribution in [-0.4, -0.2) is 16.9 Å². The Bertz CT molecular complexity index is 1040. The van der Waals surface area contributed by atoms with Gasteiger partial charge in [-0.25, -0.2) is 18.6 Å². The van der Waals surface area contributed by atoms with E-state index in [2.05, 4.69) is 4.98 Å². The van der Waals surface area contributed by atoms with E-state index < -0.39 is 23.5 Å². The summed E-state index contributed by atoms with van der Waals surface area (Å²) in [5.41, 5.74) is 1.000. The molecule has 0 aliphatic rings. The molecule has 0 saturated carbocycles. The van der Waals surface area contributed by atoms with Crippen molar-refractivity contribution in [3.8, 4) is 0 Å². The summed E-state index contributed by atoms with van der Waals surface area (Å²) in [6.45, 7) is 2.74. The molecule has 0 N–H and O–H groups in total. The van der Waals surface area contributed by atoms with Crippen LogP contribution in [0.15, 0.2) is 47.8 Å². The number of rotatable bonds is 5. The lowest BCUT2D eigenvalue weighted by molar-refractivity contribution is -0.115. The van der Waals surface area contributed by atoms with Gasteiger partial charge in [0.25, 0.3) is 0 Å². The van der Waals surface area contributed by atoms with Gasteiger partial charge in [0.15, 0.2) is 5.13 Å². The first-order valence-corrected chi connectivity index (χ1v) is 9.17. The number of hydrogen-bond acceptors (Lipinski definition) is 5. The van der Waals surface area contributed by atoms with E-state index in [1.54, 1.807) is 18.4 Å². The highest BCUT2D eigenvalue weighted by Crippen LogP contribution is 2.30. The molecule has 0 spiro atoms. The van der Waals surface area contributed by atoms with Gasteiger partial charge in [-0.15, -0.1) is 11.3 Å². The fourth-order valence-electron chi connectivity index (χ4n) is 2.45. The van der Waals surface area contributed by atoms with Crippen LogP contribution in [0.5, 0.6) is 0 Å². The molecule has 0 saturated heterocycles. The molecule has 3 rings (SSSR count). The fourth-order valence-corrected chi connectivity index (χ4v) is 3.31. The Morgan fingerprint density at radius 1 is 1.14 bits per heavy atom. The topological polar surface area (TPSA) is 59.5 Å². The normalized spacial score (nSPS) is 10.6. The predicted octanol–water partition coefficient (Wildman–Crippen LogP) is 4.77. The summed E-state index contributed by atoms with van der Waals surface area (Å²) in [6, 6.07) is 9.95. The number of anilines is 2. The van der Waals surface area contributed by atoms with Gasteiger partial charge in [0, 0.05) is 12.3 Å². The van der Waals surface area contributed by atoms with Gasteiger partial charge >= 0.3 is 5.97 Å². The van der Waals surface area contributed by atoms with E-state index in [0.29, 0.717) is 11.3 Å². The summed E-state index contributed by atoms with van der Waals surface area (Å²) < 4.78 is 32.8. The van der Waals surface area contributed by atoms with Crippen LogP contribution in [0.4, 0.5) is 19.6 Å². The second-order valence-electron chi connectivity index (χ2n) is 5.97. The van der Waals surface area contributed by atoms with Gasteiger partial charge in [-0.05, 0) is 36.8 Å². The summed E-state index contributed by atoms with van der Waals surface area (Å²) in [6.07, 6.45) is 0. The Hall–Kier alpha value is -3.13. The highest BCUT2D eigenvalue weighted by Gasteiger charge is 2.21. The monoisotopic (exact) mass is 402 g/mol. The van der Waals surface area contributed by atoms with Crippen LogP contribution in [0, 0.1) is 18.6 Å². The number of ether oxygens (including phenoxy) is 1. The van der Waals surface area contributed by atoms with Gasteiger partial charge in [0.05, 0.1) is 16.9 Å². The molecule has 0 atom stereocenters. The van der Waals surface area contributed by atoms with Gasteiger partial charge in [-0.3, -0.25) is 9.69 Å². The number of carbonyl (C=O) groups excluding carboxylic acids is 2. The quantitative estimate of drug-likeness (QED) is 0.577. The third kappa shape index (κ3) is 4.23. The number of nitrogens with zero attached hydrogens (tertiary/aromatic N) is 2. The van der Waals surface area contributed by atoms with Crippen molar-refractivity contribution >= 4 is 34.0 Å². The number of amides is 1. The number of aryl methyl sites for hydroxylation is 1. The maximum absolute atomic E-state index is 14.1. The number of halogens is 2. The maximum atomic E-state index is 14.1. The summed E-state index contributed by atoms with van der Waals surface area (Å²) >= 11 is 1.12. The molecule has 1 aromatic heterocycles. The van der Waals surface area contributed by atoms with E-state index in [9.17, 15) is 18.4 Å². The van der Waals surface area contributed by atoms with Crippen molar-refractivity contribution in [3.05, 3.63) is 76.3 Å². The molecule has 0 aliphatic carbocycles. The van der Waals surface area contributed by atoms with Crippen LogP contribution in [0.25, 0.3) is 0 Å². The molecule has 3 aromatic rings. The number of para-hydroxylation sites is 1.